The van der Waals surface area contributed by atoms with Gasteiger partial charge in [-0.2, -0.15) is 0 Å². The molecule has 0 bridgehead atoms. The molecule has 2 aromatic heterocycles. The fourth-order valence-corrected chi connectivity index (χ4v) is 9.97. The summed E-state index contributed by atoms with van der Waals surface area (Å²) in [6.45, 7) is 0. The molecule has 11 aromatic carbocycles. The molecule has 0 N–H and O–H groups in total. The van der Waals surface area contributed by atoms with Crippen LogP contribution in [0.15, 0.2) is 235 Å². The molecule has 13 aromatic rings. The standard InChI is InChI=1S/C60H38N2O/c1-3-15-49-41(11-1)23-24-45-37-44(30-35-50(45)49)40-27-33-47(34-28-40)61(57-21-10-22-58-59(57)54-36-29-42-12-2-4-16-51(42)60(54)63-58)46-31-25-39(26-32-46)43-13-9-14-48(38-43)62-55-19-7-5-17-52(55)53-18-6-8-20-56(53)62/h1-38H. The van der Waals surface area contributed by atoms with E-state index in [0.717, 1.165) is 66.6 Å². The van der Waals surface area contributed by atoms with Crippen molar-refractivity contribution in [2.45, 2.75) is 0 Å². The van der Waals surface area contributed by atoms with Gasteiger partial charge in [-0.1, -0.05) is 158 Å². The highest BCUT2D eigenvalue weighted by Crippen LogP contribution is 2.45. The van der Waals surface area contributed by atoms with Gasteiger partial charge in [0.25, 0.3) is 0 Å². The van der Waals surface area contributed by atoms with E-state index in [2.05, 4.69) is 240 Å². The van der Waals surface area contributed by atoms with Crippen LogP contribution in [0, 0.1) is 0 Å². The number of hydrogen-bond donors (Lipinski definition) is 0. The second-order valence-electron chi connectivity index (χ2n) is 16.5. The van der Waals surface area contributed by atoms with E-state index in [4.69, 9.17) is 4.42 Å². The zero-order valence-corrected chi connectivity index (χ0v) is 34.2. The number of nitrogens with zero attached hydrogens (tertiary/aromatic N) is 2. The van der Waals surface area contributed by atoms with Crippen LogP contribution in [0.2, 0.25) is 0 Å². The molecular formula is C60H38N2O. The molecular weight excluding hydrogens is 765 g/mol. The van der Waals surface area contributed by atoms with Gasteiger partial charge in [0.15, 0.2) is 0 Å². The number of aromatic nitrogens is 1. The van der Waals surface area contributed by atoms with Gasteiger partial charge in [-0.15, -0.1) is 0 Å². The van der Waals surface area contributed by atoms with Crippen LogP contribution in [0.25, 0.3) is 104 Å². The first kappa shape index (κ1) is 35.4. The Kier molecular flexibility index (Phi) is 7.91. The molecule has 0 unspecified atom stereocenters. The van der Waals surface area contributed by atoms with Crippen molar-refractivity contribution in [3.8, 4) is 27.9 Å². The average Bonchev–Trinajstić information content (AvgIpc) is 3.91. The van der Waals surface area contributed by atoms with Crippen LogP contribution in [0.3, 0.4) is 0 Å². The fraction of sp³-hybridized carbons (Fsp3) is 0. The zero-order chi connectivity index (χ0) is 41.4. The van der Waals surface area contributed by atoms with Crippen molar-refractivity contribution in [2.24, 2.45) is 0 Å². The lowest BCUT2D eigenvalue weighted by Crippen LogP contribution is -2.10. The van der Waals surface area contributed by atoms with E-state index in [0.29, 0.717) is 0 Å². The highest BCUT2D eigenvalue weighted by atomic mass is 16.3. The number of fused-ring (bicyclic) bond motifs is 11. The Bertz CT molecular complexity index is 3860. The van der Waals surface area contributed by atoms with Gasteiger partial charge in [-0.3, -0.25) is 0 Å². The maximum absolute atomic E-state index is 6.71. The summed E-state index contributed by atoms with van der Waals surface area (Å²) < 4.78 is 9.09. The number of para-hydroxylation sites is 2. The molecule has 294 valence electrons. The van der Waals surface area contributed by atoms with E-state index in [1.807, 2.05) is 0 Å². The first-order valence-corrected chi connectivity index (χ1v) is 21.6. The Hall–Kier alpha value is -8.40. The molecule has 0 fully saturated rings. The van der Waals surface area contributed by atoms with Crippen molar-refractivity contribution in [3.63, 3.8) is 0 Å². The second kappa shape index (κ2) is 14.1. The number of rotatable bonds is 6. The summed E-state index contributed by atoms with van der Waals surface area (Å²) in [6, 6.07) is 83.5. The molecule has 3 heteroatoms. The third kappa shape index (κ3) is 5.67. The number of hydrogen-bond acceptors (Lipinski definition) is 2. The van der Waals surface area contributed by atoms with Gasteiger partial charge in [0.05, 0.1) is 22.1 Å². The van der Waals surface area contributed by atoms with E-state index in [1.165, 1.54) is 54.5 Å². The van der Waals surface area contributed by atoms with E-state index in [-0.39, 0.29) is 0 Å². The van der Waals surface area contributed by atoms with Crippen LogP contribution in [-0.2, 0) is 0 Å². The molecule has 0 amide bonds. The first-order chi connectivity index (χ1) is 31.2. The Morgan fingerprint density at radius 3 is 1.57 bits per heavy atom. The average molecular weight is 803 g/mol. The predicted octanol–water partition coefficient (Wildman–Crippen LogP) is 16.9. The van der Waals surface area contributed by atoms with Gasteiger partial charge in [0.2, 0.25) is 0 Å². The summed E-state index contributed by atoms with van der Waals surface area (Å²) in [4.78, 5) is 2.38. The van der Waals surface area contributed by atoms with Gasteiger partial charge >= 0.3 is 0 Å². The van der Waals surface area contributed by atoms with Crippen LogP contribution < -0.4 is 4.90 Å². The van der Waals surface area contributed by atoms with Crippen LogP contribution in [0.5, 0.6) is 0 Å². The Morgan fingerprint density at radius 1 is 0.333 bits per heavy atom. The molecule has 13 rings (SSSR count). The lowest BCUT2D eigenvalue weighted by molar-refractivity contribution is 0.672. The Morgan fingerprint density at radius 2 is 0.857 bits per heavy atom. The fourth-order valence-electron chi connectivity index (χ4n) is 9.97. The smallest absolute Gasteiger partial charge is 0.143 e. The third-order valence-electron chi connectivity index (χ3n) is 13.0. The zero-order valence-electron chi connectivity index (χ0n) is 34.2. The van der Waals surface area contributed by atoms with Gasteiger partial charge < -0.3 is 13.9 Å². The predicted molar refractivity (Wildman–Crippen MR) is 266 cm³/mol. The Balaban J connectivity index is 0.933. The quantitative estimate of drug-likeness (QED) is 0.156. The third-order valence-corrected chi connectivity index (χ3v) is 13.0. The van der Waals surface area contributed by atoms with E-state index in [9.17, 15) is 0 Å². The summed E-state index contributed by atoms with van der Waals surface area (Å²) in [5, 5.41) is 12.0. The lowest BCUT2D eigenvalue weighted by atomic mass is 9.97. The van der Waals surface area contributed by atoms with Crippen molar-refractivity contribution < 1.29 is 4.42 Å². The van der Waals surface area contributed by atoms with Gasteiger partial charge in [0.1, 0.15) is 11.2 Å². The van der Waals surface area contributed by atoms with Crippen molar-refractivity contribution in [1.29, 1.82) is 0 Å². The maximum atomic E-state index is 6.71. The molecule has 0 saturated carbocycles. The monoisotopic (exact) mass is 802 g/mol. The summed E-state index contributed by atoms with van der Waals surface area (Å²) in [5.41, 5.74) is 13.2. The molecule has 0 radical (unpaired) electrons. The minimum atomic E-state index is 0.864. The molecule has 2 heterocycles. The van der Waals surface area contributed by atoms with Crippen LogP contribution in [-0.4, -0.2) is 4.57 Å². The molecule has 3 nitrogen and oxygen atoms in total. The van der Waals surface area contributed by atoms with E-state index >= 15 is 0 Å². The summed E-state index contributed by atoms with van der Waals surface area (Å²) in [5.74, 6) is 0. The number of furan rings is 1. The van der Waals surface area contributed by atoms with Crippen LogP contribution in [0.4, 0.5) is 17.1 Å². The lowest BCUT2D eigenvalue weighted by Gasteiger charge is -2.26. The van der Waals surface area contributed by atoms with Gasteiger partial charge in [-0.25, -0.2) is 0 Å². The second-order valence-corrected chi connectivity index (χ2v) is 16.5. The summed E-state index contributed by atoms with van der Waals surface area (Å²) >= 11 is 0. The normalized spacial score (nSPS) is 11.8. The number of benzene rings is 11. The van der Waals surface area contributed by atoms with E-state index in [1.54, 1.807) is 0 Å². The first-order valence-electron chi connectivity index (χ1n) is 21.6. The van der Waals surface area contributed by atoms with Crippen LogP contribution >= 0.6 is 0 Å². The summed E-state index contributed by atoms with van der Waals surface area (Å²) in [6.07, 6.45) is 0. The molecule has 0 spiro atoms. The highest BCUT2D eigenvalue weighted by Gasteiger charge is 2.21. The minimum Gasteiger partial charge on any atom is -0.455 e. The molecule has 0 aliphatic heterocycles. The number of anilines is 3. The molecule has 63 heavy (non-hydrogen) atoms. The van der Waals surface area contributed by atoms with Crippen molar-refractivity contribution in [3.05, 3.63) is 231 Å². The Labute approximate surface area is 363 Å². The van der Waals surface area contributed by atoms with Gasteiger partial charge in [-0.05, 0) is 122 Å². The van der Waals surface area contributed by atoms with Crippen LogP contribution in [0.1, 0.15) is 0 Å². The molecule has 0 aliphatic carbocycles. The highest BCUT2D eigenvalue weighted by molar-refractivity contribution is 6.19. The van der Waals surface area contributed by atoms with Crippen molar-refractivity contribution in [1.82, 2.24) is 4.57 Å². The van der Waals surface area contributed by atoms with E-state index < -0.39 is 0 Å². The van der Waals surface area contributed by atoms with Crippen molar-refractivity contribution in [2.75, 3.05) is 4.90 Å². The van der Waals surface area contributed by atoms with Gasteiger partial charge in [0, 0.05) is 38.6 Å². The minimum absolute atomic E-state index is 0.864. The molecule has 0 aliphatic rings. The largest absolute Gasteiger partial charge is 0.455 e. The topological polar surface area (TPSA) is 21.3 Å². The maximum Gasteiger partial charge on any atom is 0.143 e. The molecule has 0 atom stereocenters. The van der Waals surface area contributed by atoms with Crippen molar-refractivity contribution >= 4 is 93.1 Å². The molecule has 0 saturated heterocycles. The SMILES string of the molecule is c1cc(-c2ccc(N(c3ccc(-c4ccc5c(ccc6ccccc65)c4)cc3)c3cccc4oc5c6ccccc6ccc5c34)cc2)cc(-n2c3ccccc3c3ccccc32)c1. The summed E-state index contributed by atoms with van der Waals surface area (Å²) in [7, 11) is 0.